The van der Waals surface area contributed by atoms with Gasteiger partial charge in [0.05, 0.1) is 0 Å². The number of hydrogen-bond donors (Lipinski definition) is 2. The van der Waals surface area contributed by atoms with Crippen LogP contribution >= 0.6 is 0 Å². The number of hydrogen-bond acceptors (Lipinski definition) is 4. The summed E-state index contributed by atoms with van der Waals surface area (Å²) in [6.45, 7) is 8.91. The molecule has 1 aromatic rings. The number of aromatic nitrogens is 3. The number of aromatic amines is 1. The molecule has 7 heteroatoms. The summed E-state index contributed by atoms with van der Waals surface area (Å²) in [5, 5.41) is 16.5. The minimum Gasteiger partial charge on any atom is -0.481 e. The maximum atomic E-state index is 12.4. The molecule has 0 aromatic carbocycles. The molecule has 24 heavy (non-hydrogen) atoms. The second kappa shape index (κ2) is 7.77. The van der Waals surface area contributed by atoms with E-state index in [0.717, 1.165) is 30.9 Å². The third kappa shape index (κ3) is 4.33. The van der Waals surface area contributed by atoms with Gasteiger partial charge >= 0.3 is 5.97 Å². The zero-order valence-electron chi connectivity index (χ0n) is 15.0. The molecule has 1 aliphatic heterocycles. The molecule has 2 heterocycles. The molecule has 1 amide bonds. The number of aliphatic carboxylic acids is 1. The number of carbonyl (C=O) groups is 2. The molecule has 1 aromatic heterocycles. The van der Waals surface area contributed by atoms with E-state index in [-0.39, 0.29) is 11.8 Å². The summed E-state index contributed by atoms with van der Waals surface area (Å²) < 4.78 is 0. The van der Waals surface area contributed by atoms with Crippen molar-refractivity contribution in [3.05, 3.63) is 11.6 Å². The molecule has 1 atom stereocenters. The second-order valence-electron chi connectivity index (χ2n) is 7.33. The van der Waals surface area contributed by atoms with Crippen LogP contribution in [0.2, 0.25) is 0 Å². The fourth-order valence-corrected chi connectivity index (χ4v) is 3.16. The normalized spacial score (nSPS) is 17.5. The van der Waals surface area contributed by atoms with Gasteiger partial charge in [0, 0.05) is 25.4 Å². The minimum absolute atomic E-state index is 0.198. The van der Waals surface area contributed by atoms with Crippen molar-refractivity contribution < 1.29 is 14.7 Å². The van der Waals surface area contributed by atoms with Crippen LogP contribution < -0.4 is 0 Å². The molecular weight excluding hydrogens is 308 g/mol. The van der Waals surface area contributed by atoms with Crippen molar-refractivity contribution in [3.63, 3.8) is 0 Å². The number of likely N-dealkylation sites (tertiary alicyclic amines) is 1. The Balaban J connectivity index is 1.88. The number of amides is 1. The van der Waals surface area contributed by atoms with Gasteiger partial charge in [0.15, 0.2) is 5.82 Å². The Bertz CT molecular complexity index is 574. The molecule has 0 bridgehead atoms. The Labute approximate surface area is 142 Å². The highest BCUT2D eigenvalue weighted by atomic mass is 16.4. The summed E-state index contributed by atoms with van der Waals surface area (Å²) in [5.41, 5.74) is 0. The third-order valence-electron chi connectivity index (χ3n) is 4.67. The van der Waals surface area contributed by atoms with Gasteiger partial charge in [-0.3, -0.25) is 14.7 Å². The molecule has 1 unspecified atom stereocenters. The largest absolute Gasteiger partial charge is 0.481 e. The Morgan fingerprint density at radius 1 is 1.25 bits per heavy atom. The summed E-state index contributed by atoms with van der Waals surface area (Å²) in [6.07, 6.45) is 2.57. The predicted molar refractivity (Wildman–Crippen MR) is 89.4 cm³/mol. The van der Waals surface area contributed by atoms with Crippen LogP contribution in [-0.4, -0.2) is 50.2 Å². The van der Waals surface area contributed by atoms with E-state index in [1.807, 2.05) is 0 Å². The number of carboxylic acid groups (broad SMARTS) is 1. The molecule has 0 spiro atoms. The summed E-state index contributed by atoms with van der Waals surface area (Å²) in [5.74, 6) is 0.0641. The molecule has 0 radical (unpaired) electrons. The molecule has 1 aliphatic rings. The predicted octanol–water partition coefficient (Wildman–Crippen LogP) is 2.07. The van der Waals surface area contributed by atoms with Gasteiger partial charge in [-0.15, -0.1) is 0 Å². The second-order valence-corrected chi connectivity index (χ2v) is 7.33. The van der Waals surface area contributed by atoms with Crippen LogP contribution in [0.1, 0.15) is 58.1 Å². The van der Waals surface area contributed by atoms with Crippen molar-refractivity contribution in [2.45, 2.75) is 52.9 Å². The molecule has 2 rings (SSSR count). The van der Waals surface area contributed by atoms with Gasteiger partial charge in [-0.25, -0.2) is 4.98 Å². The van der Waals surface area contributed by atoms with Crippen molar-refractivity contribution >= 4 is 11.9 Å². The Hall–Kier alpha value is -1.92. The maximum absolute atomic E-state index is 12.4. The van der Waals surface area contributed by atoms with E-state index < -0.39 is 11.9 Å². The fourth-order valence-electron chi connectivity index (χ4n) is 3.16. The van der Waals surface area contributed by atoms with E-state index in [2.05, 4.69) is 29.0 Å². The molecule has 7 nitrogen and oxygen atoms in total. The van der Waals surface area contributed by atoms with E-state index in [0.29, 0.717) is 24.9 Å². The van der Waals surface area contributed by atoms with E-state index in [1.54, 1.807) is 18.7 Å². The lowest BCUT2D eigenvalue weighted by Crippen LogP contribution is -2.45. The lowest BCUT2D eigenvalue weighted by Gasteiger charge is -2.34. The smallest absolute Gasteiger partial charge is 0.316 e. The standard InChI is InChI=1S/C17H28N4O3/c1-10(2)14(17(23)24)16(22)21-7-5-12(6-8-21)9-13-18-15(11(3)4)20-19-13/h10-12,14H,5-9H2,1-4H3,(H,23,24)(H,18,19,20). The van der Waals surface area contributed by atoms with Crippen molar-refractivity contribution in [3.8, 4) is 0 Å². The zero-order valence-corrected chi connectivity index (χ0v) is 15.0. The van der Waals surface area contributed by atoms with Crippen LogP contribution in [0.15, 0.2) is 0 Å². The van der Waals surface area contributed by atoms with Crippen LogP contribution in [0.25, 0.3) is 0 Å². The summed E-state index contributed by atoms with van der Waals surface area (Å²) >= 11 is 0. The van der Waals surface area contributed by atoms with Crippen molar-refractivity contribution in [1.29, 1.82) is 0 Å². The Morgan fingerprint density at radius 3 is 2.33 bits per heavy atom. The zero-order chi connectivity index (χ0) is 17.9. The average Bonchev–Trinajstić information content (AvgIpc) is 2.96. The summed E-state index contributed by atoms with van der Waals surface area (Å²) in [7, 11) is 0. The van der Waals surface area contributed by atoms with Crippen LogP contribution in [-0.2, 0) is 16.0 Å². The lowest BCUT2D eigenvalue weighted by atomic mass is 9.90. The van der Waals surface area contributed by atoms with Crippen molar-refractivity contribution in [2.24, 2.45) is 17.8 Å². The first kappa shape index (κ1) is 18.4. The van der Waals surface area contributed by atoms with Crippen LogP contribution in [0.5, 0.6) is 0 Å². The van der Waals surface area contributed by atoms with Crippen molar-refractivity contribution in [1.82, 2.24) is 20.1 Å². The van der Waals surface area contributed by atoms with Gasteiger partial charge < -0.3 is 10.0 Å². The van der Waals surface area contributed by atoms with Gasteiger partial charge in [0.1, 0.15) is 11.7 Å². The first-order valence-electron chi connectivity index (χ1n) is 8.72. The van der Waals surface area contributed by atoms with Crippen molar-refractivity contribution in [2.75, 3.05) is 13.1 Å². The summed E-state index contributed by atoms with van der Waals surface area (Å²) in [6, 6.07) is 0. The number of rotatable bonds is 6. The number of nitrogens with zero attached hydrogens (tertiary/aromatic N) is 3. The number of carboxylic acids is 1. The first-order valence-corrected chi connectivity index (χ1v) is 8.72. The lowest BCUT2D eigenvalue weighted by molar-refractivity contribution is -0.153. The summed E-state index contributed by atoms with van der Waals surface area (Å²) in [4.78, 5) is 30.0. The number of H-pyrrole nitrogens is 1. The fraction of sp³-hybridized carbons (Fsp3) is 0.765. The van der Waals surface area contributed by atoms with Gasteiger partial charge in [-0.2, -0.15) is 5.10 Å². The van der Waals surface area contributed by atoms with Gasteiger partial charge in [0.2, 0.25) is 5.91 Å². The third-order valence-corrected chi connectivity index (χ3v) is 4.67. The highest BCUT2D eigenvalue weighted by Gasteiger charge is 2.35. The average molecular weight is 336 g/mol. The van der Waals surface area contributed by atoms with E-state index in [9.17, 15) is 14.7 Å². The minimum atomic E-state index is -1.03. The number of piperidine rings is 1. The molecule has 2 N–H and O–H groups in total. The number of nitrogens with one attached hydrogen (secondary N) is 1. The molecule has 1 fully saturated rings. The van der Waals surface area contributed by atoms with Gasteiger partial charge in [-0.1, -0.05) is 27.7 Å². The van der Waals surface area contributed by atoms with Gasteiger partial charge in [0.25, 0.3) is 0 Å². The monoisotopic (exact) mass is 336 g/mol. The Kier molecular flexibility index (Phi) is 5.96. The van der Waals surface area contributed by atoms with Crippen LogP contribution in [0, 0.1) is 17.8 Å². The highest BCUT2D eigenvalue weighted by molar-refractivity contribution is 5.97. The quantitative estimate of drug-likeness (QED) is 0.775. The molecule has 0 aliphatic carbocycles. The van der Waals surface area contributed by atoms with Crippen LogP contribution in [0.4, 0.5) is 0 Å². The van der Waals surface area contributed by atoms with Gasteiger partial charge in [-0.05, 0) is 24.7 Å². The highest BCUT2D eigenvalue weighted by Crippen LogP contribution is 2.24. The van der Waals surface area contributed by atoms with E-state index >= 15 is 0 Å². The molecule has 0 saturated carbocycles. The molecular formula is C17H28N4O3. The Morgan fingerprint density at radius 2 is 1.88 bits per heavy atom. The van der Waals surface area contributed by atoms with E-state index in [4.69, 9.17) is 0 Å². The molecule has 134 valence electrons. The van der Waals surface area contributed by atoms with Crippen LogP contribution in [0.3, 0.4) is 0 Å². The van der Waals surface area contributed by atoms with E-state index in [1.165, 1.54) is 0 Å². The number of carbonyl (C=O) groups excluding carboxylic acids is 1. The first-order chi connectivity index (χ1) is 11.3. The molecule has 1 saturated heterocycles. The topological polar surface area (TPSA) is 99.2 Å². The maximum Gasteiger partial charge on any atom is 0.316 e. The SMILES string of the molecule is CC(C)c1n[nH]c(CC2CCN(C(=O)C(C(=O)O)C(C)C)CC2)n1.